The van der Waals surface area contributed by atoms with Gasteiger partial charge in [-0.05, 0) is 89.4 Å². The van der Waals surface area contributed by atoms with Gasteiger partial charge in [0.2, 0.25) is 0 Å². The summed E-state index contributed by atoms with van der Waals surface area (Å²) in [4.78, 5) is 0. The second-order valence-electron chi connectivity index (χ2n) is 15.7. The third-order valence-corrected chi connectivity index (χ3v) is 11.7. The van der Waals surface area contributed by atoms with Crippen molar-refractivity contribution in [2.75, 3.05) is 0 Å². The highest BCUT2D eigenvalue weighted by Crippen LogP contribution is 2.34. The molecule has 0 bridgehead atoms. The zero-order chi connectivity index (χ0) is 38.3. The molecule has 0 radical (unpaired) electrons. The summed E-state index contributed by atoms with van der Waals surface area (Å²) in [6.07, 6.45) is 29.8. The fourth-order valence-electron chi connectivity index (χ4n) is 7.83. The van der Waals surface area contributed by atoms with Crippen molar-refractivity contribution in [3.8, 4) is 23.7 Å². The third kappa shape index (κ3) is 14.3. The molecule has 0 N–H and O–H groups in total. The predicted molar refractivity (Wildman–Crippen MR) is 245 cm³/mol. The molecule has 0 saturated carbocycles. The first-order chi connectivity index (χ1) is 27.2. The van der Waals surface area contributed by atoms with Crippen LogP contribution in [0.4, 0.5) is 0 Å². The predicted octanol–water partition coefficient (Wildman–Crippen LogP) is 16.5. The van der Waals surface area contributed by atoms with Crippen molar-refractivity contribution in [3.05, 3.63) is 129 Å². The molecular weight excluding hydrogens is 728 g/mol. The van der Waals surface area contributed by atoms with Crippen LogP contribution in [0.15, 0.2) is 95.5 Å². The van der Waals surface area contributed by atoms with E-state index in [4.69, 9.17) is 0 Å². The van der Waals surface area contributed by atoms with E-state index in [0.717, 1.165) is 61.1 Å². The van der Waals surface area contributed by atoms with Gasteiger partial charge in [-0.2, -0.15) is 0 Å². The van der Waals surface area contributed by atoms with Crippen LogP contribution >= 0.6 is 15.9 Å². The molecule has 5 rings (SSSR count). The summed E-state index contributed by atoms with van der Waals surface area (Å²) in [6, 6.07) is 33.0. The fourth-order valence-corrected chi connectivity index (χ4v) is 8.19. The Kier molecular flexibility index (Phi) is 19.0. The van der Waals surface area contributed by atoms with E-state index in [-0.39, 0.29) is 0 Å². The van der Waals surface area contributed by atoms with Crippen LogP contribution in [0.25, 0.3) is 21.5 Å². The summed E-state index contributed by atoms with van der Waals surface area (Å²) < 4.78 is 1.05. The average Bonchev–Trinajstić information content (AvgIpc) is 3.21. The minimum absolute atomic E-state index is 1.05. The molecule has 0 aliphatic heterocycles. The molecule has 5 aromatic carbocycles. The number of hydrogen-bond donors (Lipinski definition) is 0. The van der Waals surface area contributed by atoms with Crippen LogP contribution in [0.2, 0.25) is 0 Å². The van der Waals surface area contributed by atoms with Crippen LogP contribution < -0.4 is 0 Å². The maximum Gasteiger partial charge on any atom is 0.0407 e. The maximum absolute atomic E-state index is 3.75. The minimum Gasteiger partial charge on any atom is -0.0654 e. The van der Waals surface area contributed by atoms with E-state index in [9.17, 15) is 0 Å². The number of unbranched alkanes of at least 4 members (excludes halogenated alkanes) is 18. The summed E-state index contributed by atoms with van der Waals surface area (Å²) >= 11 is 3.75. The molecule has 0 aliphatic rings. The third-order valence-electron chi connectivity index (χ3n) is 11.2. The Morgan fingerprint density at radius 2 is 0.727 bits per heavy atom. The largest absolute Gasteiger partial charge is 0.0654 e. The summed E-state index contributed by atoms with van der Waals surface area (Å²) in [5, 5.41) is 4.57. The number of rotatable bonds is 22. The fraction of sp³-hybridized carbons (Fsp3) is 0.444. The summed E-state index contributed by atoms with van der Waals surface area (Å²) in [5.41, 5.74) is 7.06. The molecule has 0 fully saturated rings. The number of fused-ring (bicyclic) bond motifs is 2. The number of halogens is 1. The average molecular weight is 794 g/mol. The zero-order valence-electron chi connectivity index (χ0n) is 34.1. The van der Waals surface area contributed by atoms with Crippen LogP contribution in [0.5, 0.6) is 0 Å². The van der Waals surface area contributed by atoms with E-state index in [1.54, 1.807) is 0 Å². The first kappa shape index (κ1) is 42.4. The molecule has 0 heterocycles. The number of hydrogen-bond acceptors (Lipinski definition) is 0. The Morgan fingerprint density at radius 3 is 1.15 bits per heavy atom. The first-order valence-electron chi connectivity index (χ1n) is 22.0. The van der Waals surface area contributed by atoms with Crippen LogP contribution in [0.1, 0.15) is 176 Å². The molecule has 1 heteroatoms. The van der Waals surface area contributed by atoms with Gasteiger partial charge in [-0.15, -0.1) is 0 Å². The van der Waals surface area contributed by atoms with E-state index >= 15 is 0 Å². The lowest BCUT2D eigenvalue weighted by atomic mass is 9.91. The maximum atomic E-state index is 3.75. The van der Waals surface area contributed by atoms with Gasteiger partial charge in [0, 0.05) is 32.1 Å². The zero-order valence-corrected chi connectivity index (χ0v) is 35.7. The van der Waals surface area contributed by atoms with Crippen molar-refractivity contribution in [2.24, 2.45) is 0 Å². The molecule has 0 atom stereocenters. The van der Waals surface area contributed by atoms with Gasteiger partial charge < -0.3 is 0 Å². The molecule has 0 nitrogen and oxygen atoms in total. The van der Waals surface area contributed by atoms with E-state index < -0.39 is 0 Å². The Balaban J connectivity index is 1.21. The van der Waals surface area contributed by atoms with Gasteiger partial charge in [0.05, 0.1) is 0 Å². The van der Waals surface area contributed by atoms with E-state index in [1.807, 2.05) is 0 Å². The molecule has 0 aromatic heterocycles. The second kappa shape index (κ2) is 24.7. The smallest absolute Gasteiger partial charge is 0.0407 e. The minimum atomic E-state index is 1.05. The molecule has 288 valence electrons. The molecule has 0 aliphatic carbocycles. The summed E-state index contributed by atoms with van der Waals surface area (Å²) in [5.74, 6) is 14.2. The lowest BCUT2D eigenvalue weighted by molar-refractivity contribution is 0.556. The second-order valence-corrected chi connectivity index (χ2v) is 16.7. The van der Waals surface area contributed by atoms with Gasteiger partial charge in [0.1, 0.15) is 0 Å². The molecular formula is C54H65Br. The van der Waals surface area contributed by atoms with Gasteiger partial charge in [-0.1, -0.05) is 224 Å². The Morgan fingerprint density at radius 1 is 0.364 bits per heavy atom. The van der Waals surface area contributed by atoms with Crippen LogP contribution in [-0.2, 0) is 12.8 Å². The molecule has 0 amide bonds. The Bertz CT molecular complexity index is 1990. The lowest BCUT2D eigenvalue weighted by Crippen LogP contribution is -1.91. The van der Waals surface area contributed by atoms with Gasteiger partial charge in [0.25, 0.3) is 0 Å². The SMILES string of the molecule is CCCCCCCCCCCCc1ccc(C#Cc2c3ccccc3c(C#Cc3ccc(CCCCCCCCCCCC)cc3)c3cc(Br)ccc23)cc1. The van der Waals surface area contributed by atoms with Gasteiger partial charge in [-0.25, -0.2) is 0 Å². The number of benzene rings is 5. The summed E-state index contributed by atoms with van der Waals surface area (Å²) in [6.45, 7) is 4.58. The van der Waals surface area contributed by atoms with Gasteiger partial charge in [-0.3, -0.25) is 0 Å². The van der Waals surface area contributed by atoms with Crippen LogP contribution in [0, 0.1) is 23.7 Å². The normalized spacial score (nSPS) is 11.0. The van der Waals surface area contributed by atoms with Crippen molar-refractivity contribution >= 4 is 37.5 Å². The highest BCUT2D eigenvalue weighted by molar-refractivity contribution is 9.10. The quantitative estimate of drug-likeness (QED) is 0.0372. The Labute approximate surface area is 343 Å². The topological polar surface area (TPSA) is 0 Å². The lowest BCUT2D eigenvalue weighted by Gasteiger charge is -2.11. The molecule has 5 aromatic rings. The van der Waals surface area contributed by atoms with E-state index in [0.29, 0.717) is 0 Å². The van der Waals surface area contributed by atoms with Crippen molar-refractivity contribution in [1.29, 1.82) is 0 Å². The standard InChI is InChI=1S/C54H65Br/c1-3-5-7-9-11-13-15-17-19-21-25-44-29-33-46(34-30-44)37-40-51-49-27-23-24-28-50(49)52(54-43-48(55)39-42-53(51)54)41-38-47-35-31-45(32-36-47)26-22-20-18-16-14-12-10-8-6-4-2/h23-24,27-36,39,42-43H,3-22,25-26H2,1-2H3. The Hall–Kier alpha value is -3.78. The van der Waals surface area contributed by atoms with Crippen molar-refractivity contribution in [3.63, 3.8) is 0 Å². The number of aryl methyl sites for hydroxylation is 2. The molecule has 0 saturated heterocycles. The first-order valence-corrected chi connectivity index (χ1v) is 22.8. The van der Waals surface area contributed by atoms with Crippen molar-refractivity contribution < 1.29 is 0 Å². The van der Waals surface area contributed by atoms with E-state index in [2.05, 4.69) is 144 Å². The van der Waals surface area contributed by atoms with Gasteiger partial charge >= 0.3 is 0 Å². The van der Waals surface area contributed by atoms with Crippen molar-refractivity contribution in [2.45, 2.75) is 155 Å². The van der Waals surface area contributed by atoms with Crippen molar-refractivity contribution in [1.82, 2.24) is 0 Å². The monoisotopic (exact) mass is 792 g/mol. The van der Waals surface area contributed by atoms with E-state index in [1.165, 1.54) is 140 Å². The molecule has 0 spiro atoms. The van der Waals surface area contributed by atoms with Gasteiger partial charge in [0.15, 0.2) is 0 Å². The summed E-state index contributed by atoms with van der Waals surface area (Å²) in [7, 11) is 0. The molecule has 0 unspecified atom stereocenters. The highest BCUT2D eigenvalue weighted by Gasteiger charge is 2.12. The van der Waals surface area contributed by atoms with Crippen LogP contribution in [-0.4, -0.2) is 0 Å². The molecule has 55 heavy (non-hydrogen) atoms. The highest BCUT2D eigenvalue weighted by atomic mass is 79.9. The van der Waals surface area contributed by atoms with Crippen LogP contribution in [0.3, 0.4) is 0 Å².